The van der Waals surface area contributed by atoms with Crippen LogP contribution in [-0.4, -0.2) is 27.5 Å². The van der Waals surface area contributed by atoms with Crippen LogP contribution in [0.25, 0.3) is 0 Å². The van der Waals surface area contributed by atoms with Crippen LogP contribution in [0.4, 0.5) is 30.2 Å². The van der Waals surface area contributed by atoms with E-state index in [1.54, 1.807) is 0 Å². The van der Waals surface area contributed by atoms with Crippen molar-refractivity contribution in [1.29, 1.82) is 0 Å². The molecule has 0 radical (unpaired) electrons. The monoisotopic (exact) mass is 485 g/mol. The highest BCUT2D eigenvalue weighted by Crippen LogP contribution is 2.36. The topological polar surface area (TPSA) is 96.5 Å². The van der Waals surface area contributed by atoms with E-state index in [0.29, 0.717) is 0 Å². The van der Waals surface area contributed by atoms with Crippen LogP contribution in [0.1, 0.15) is 44.6 Å². The van der Waals surface area contributed by atoms with Crippen molar-refractivity contribution in [3.63, 3.8) is 0 Å². The maximum atomic E-state index is 13.3. The quantitative estimate of drug-likeness (QED) is 0.500. The Kier molecular flexibility index (Phi) is 7.41. The first kappa shape index (κ1) is 24.7. The number of carbonyl (C=O) groups excluding carboxylic acids is 1. The molecule has 33 heavy (non-hydrogen) atoms. The van der Waals surface area contributed by atoms with Gasteiger partial charge in [0, 0.05) is 13.0 Å². The van der Waals surface area contributed by atoms with Gasteiger partial charge >= 0.3 is 6.18 Å². The molecule has 0 aromatic heterocycles. The molecule has 3 rings (SSSR count). The molecule has 1 amide bonds. The van der Waals surface area contributed by atoms with Crippen LogP contribution >= 0.6 is 0 Å². The lowest BCUT2D eigenvalue weighted by atomic mass is 9.95. The van der Waals surface area contributed by atoms with Crippen molar-refractivity contribution in [2.24, 2.45) is 0 Å². The number of rotatable bonds is 7. The van der Waals surface area contributed by atoms with Gasteiger partial charge in [0.25, 0.3) is 10.0 Å². The van der Waals surface area contributed by atoms with Crippen LogP contribution in [0.5, 0.6) is 5.75 Å². The van der Waals surface area contributed by atoms with Crippen molar-refractivity contribution in [3.8, 4) is 5.75 Å². The number of methoxy groups -OCH3 is 1. The maximum absolute atomic E-state index is 13.3. The maximum Gasteiger partial charge on any atom is 0.416 e. The van der Waals surface area contributed by atoms with E-state index in [0.717, 1.165) is 44.2 Å². The summed E-state index contributed by atoms with van der Waals surface area (Å²) in [5.41, 5.74) is -0.776. The molecule has 1 aliphatic carbocycles. The van der Waals surface area contributed by atoms with Gasteiger partial charge in [-0.25, -0.2) is 8.42 Å². The summed E-state index contributed by atoms with van der Waals surface area (Å²) in [6.45, 7) is 1.25. The molecule has 3 N–H and O–H groups in total. The predicted octanol–water partition coefficient (Wildman–Crippen LogP) is 5.22. The molecule has 0 bridgehead atoms. The average molecular weight is 486 g/mol. The Labute approximate surface area is 190 Å². The molecule has 0 unspecified atom stereocenters. The second-order valence-electron chi connectivity index (χ2n) is 7.89. The Morgan fingerprint density at radius 2 is 1.70 bits per heavy atom. The minimum atomic E-state index is -4.64. The number of benzene rings is 2. The van der Waals surface area contributed by atoms with Crippen LogP contribution in [0.15, 0.2) is 41.3 Å². The minimum Gasteiger partial charge on any atom is -0.495 e. The second kappa shape index (κ2) is 9.90. The van der Waals surface area contributed by atoms with Crippen molar-refractivity contribution in [2.75, 3.05) is 22.5 Å². The summed E-state index contributed by atoms with van der Waals surface area (Å²) in [4.78, 5) is 11.2. The van der Waals surface area contributed by atoms with E-state index in [9.17, 15) is 26.4 Å². The molecule has 0 aliphatic heterocycles. The Bertz CT molecular complexity index is 1110. The van der Waals surface area contributed by atoms with E-state index in [-0.39, 0.29) is 33.7 Å². The van der Waals surface area contributed by atoms with Gasteiger partial charge in [0.1, 0.15) is 5.75 Å². The molecular formula is C22H26F3N3O4S. The fourth-order valence-corrected chi connectivity index (χ4v) is 4.84. The van der Waals surface area contributed by atoms with E-state index in [2.05, 4.69) is 15.4 Å². The molecular weight excluding hydrogens is 459 g/mol. The van der Waals surface area contributed by atoms with E-state index in [1.807, 2.05) is 0 Å². The third-order valence-corrected chi connectivity index (χ3v) is 6.71. The molecule has 2 aromatic rings. The van der Waals surface area contributed by atoms with Gasteiger partial charge in [-0.15, -0.1) is 0 Å². The number of carbonyl (C=O) groups is 1. The summed E-state index contributed by atoms with van der Waals surface area (Å²) in [5.74, 6) is -0.199. The number of anilines is 3. The van der Waals surface area contributed by atoms with Crippen LogP contribution < -0.4 is 20.1 Å². The fourth-order valence-electron chi connectivity index (χ4n) is 3.74. The predicted molar refractivity (Wildman–Crippen MR) is 120 cm³/mol. The van der Waals surface area contributed by atoms with Crippen molar-refractivity contribution in [2.45, 2.75) is 56.1 Å². The van der Waals surface area contributed by atoms with Gasteiger partial charge < -0.3 is 15.4 Å². The van der Waals surface area contributed by atoms with E-state index < -0.39 is 27.7 Å². The number of ether oxygens (including phenoxy) is 1. The van der Waals surface area contributed by atoms with Gasteiger partial charge in [-0.3, -0.25) is 9.52 Å². The largest absolute Gasteiger partial charge is 0.495 e. The first-order valence-corrected chi connectivity index (χ1v) is 11.9. The van der Waals surface area contributed by atoms with Crippen molar-refractivity contribution in [3.05, 3.63) is 42.0 Å². The molecule has 0 spiro atoms. The first-order chi connectivity index (χ1) is 15.5. The molecule has 2 aromatic carbocycles. The van der Waals surface area contributed by atoms with Crippen molar-refractivity contribution >= 4 is 33.0 Å². The number of sulfonamides is 1. The summed E-state index contributed by atoms with van der Waals surface area (Å²) in [6, 6.07) is 6.77. The molecule has 7 nitrogen and oxygen atoms in total. The third kappa shape index (κ3) is 6.31. The Hall–Kier alpha value is -2.95. The SMILES string of the molecule is COc1ccc(S(=O)(=O)Nc2cc(C(F)(F)F)ccc2NC2CCCCC2)cc1NC(C)=O. The van der Waals surface area contributed by atoms with E-state index in [4.69, 9.17) is 4.74 Å². The third-order valence-electron chi connectivity index (χ3n) is 5.35. The number of halogens is 3. The highest BCUT2D eigenvalue weighted by atomic mass is 32.2. The summed E-state index contributed by atoms with van der Waals surface area (Å²) in [7, 11) is -2.93. The van der Waals surface area contributed by atoms with Gasteiger partial charge in [0.15, 0.2) is 0 Å². The molecule has 11 heteroatoms. The summed E-state index contributed by atoms with van der Waals surface area (Å²) in [6.07, 6.45) is 0.160. The summed E-state index contributed by atoms with van der Waals surface area (Å²) < 4.78 is 73.5. The zero-order valence-corrected chi connectivity index (χ0v) is 19.1. The number of alkyl halides is 3. The normalized spacial score (nSPS) is 15.1. The van der Waals surface area contributed by atoms with Crippen LogP contribution in [-0.2, 0) is 21.0 Å². The van der Waals surface area contributed by atoms with Gasteiger partial charge in [-0.05, 0) is 49.2 Å². The molecule has 1 aliphatic rings. The van der Waals surface area contributed by atoms with Crippen LogP contribution in [0, 0.1) is 0 Å². The number of amides is 1. The Morgan fingerprint density at radius 1 is 1.00 bits per heavy atom. The molecule has 0 saturated heterocycles. The average Bonchev–Trinajstić information content (AvgIpc) is 2.74. The highest BCUT2D eigenvalue weighted by Gasteiger charge is 2.32. The zero-order chi connectivity index (χ0) is 24.2. The minimum absolute atomic E-state index is 0.0473. The lowest BCUT2D eigenvalue weighted by molar-refractivity contribution is -0.137. The molecule has 180 valence electrons. The molecule has 1 saturated carbocycles. The Morgan fingerprint density at radius 3 is 2.30 bits per heavy atom. The first-order valence-electron chi connectivity index (χ1n) is 10.5. The van der Waals surface area contributed by atoms with Crippen LogP contribution in [0.2, 0.25) is 0 Å². The van der Waals surface area contributed by atoms with Gasteiger partial charge in [-0.1, -0.05) is 19.3 Å². The lowest BCUT2D eigenvalue weighted by Crippen LogP contribution is -2.24. The highest BCUT2D eigenvalue weighted by molar-refractivity contribution is 7.92. The smallest absolute Gasteiger partial charge is 0.416 e. The van der Waals surface area contributed by atoms with Crippen molar-refractivity contribution in [1.82, 2.24) is 0 Å². The van der Waals surface area contributed by atoms with Gasteiger partial charge in [0.2, 0.25) is 5.91 Å². The number of hydrogen-bond acceptors (Lipinski definition) is 5. The fraction of sp³-hybridized carbons (Fsp3) is 0.409. The van der Waals surface area contributed by atoms with Gasteiger partial charge in [-0.2, -0.15) is 13.2 Å². The van der Waals surface area contributed by atoms with E-state index >= 15 is 0 Å². The molecule has 0 heterocycles. The number of hydrogen-bond donors (Lipinski definition) is 3. The second-order valence-corrected chi connectivity index (χ2v) is 9.57. The number of nitrogens with one attached hydrogen (secondary N) is 3. The summed E-state index contributed by atoms with van der Waals surface area (Å²) >= 11 is 0. The zero-order valence-electron chi connectivity index (χ0n) is 18.3. The molecule has 1 fully saturated rings. The van der Waals surface area contributed by atoms with E-state index in [1.165, 1.54) is 38.3 Å². The Balaban J connectivity index is 1.97. The van der Waals surface area contributed by atoms with Gasteiger partial charge in [0.05, 0.1) is 34.6 Å². The van der Waals surface area contributed by atoms with Crippen molar-refractivity contribution < 1.29 is 31.1 Å². The molecule has 0 atom stereocenters. The van der Waals surface area contributed by atoms with Crippen LogP contribution in [0.3, 0.4) is 0 Å². The summed E-state index contributed by atoms with van der Waals surface area (Å²) in [5, 5.41) is 5.66. The standard InChI is InChI=1S/C22H26F3N3O4S/c1-14(29)26-20-13-17(9-11-21(20)32-2)33(30,31)28-19-12-15(22(23,24)25)8-10-18(19)27-16-6-4-3-5-7-16/h8-13,16,27-28H,3-7H2,1-2H3,(H,26,29). The lowest BCUT2D eigenvalue weighted by Gasteiger charge is -2.26.